The van der Waals surface area contributed by atoms with Crippen LogP contribution in [0.2, 0.25) is 5.02 Å². The fraction of sp³-hybridized carbons (Fsp3) is 0.556. The van der Waals surface area contributed by atoms with Gasteiger partial charge in [0.05, 0.1) is 6.54 Å². The van der Waals surface area contributed by atoms with Crippen molar-refractivity contribution in [2.24, 2.45) is 4.99 Å². The van der Waals surface area contributed by atoms with Crippen molar-refractivity contribution in [3.8, 4) is 5.75 Å². The van der Waals surface area contributed by atoms with Crippen LogP contribution in [0, 0.1) is 0 Å². The lowest BCUT2D eigenvalue weighted by Gasteiger charge is -2.20. The summed E-state index contributed by atoms with van der Waals surface area (Å²) in [6.07, 6.45) is -0.0919. The summed E-state index contributed by atoms with van der Waals surface area (Å²) >= 11 is 5.95. The standard InChI is InChI=1S/C18H29ClN4O2.HI/c1-6-20-17(22-12-16(24)23-18(3,4)5)21-11-13(2)25-15-9-7-8-14(19)10-15;/h7-10,13H,6,11-12H2,1-5H3,(H,23,24)(H2,20,21,22);1H. The summed E-state index contributed by atoms with van der Waals surface area (Å²) in [5.41, 5.74) is -0.266. The molecule has 0 aromatic heterocycles. The molecule has 1 amide bonds. The molecule has 1 aromatic carbocycles. The van der Waals surface area contributed by atoms with E-state index >= 15 is 0 Å². The monoisotopic (exact) mass is 496 g/mol. The van der Waals surface area contributed by atoms with Crippen LogP contribution in [0.25, 0.3) is 0 Å². The number of aliphatic imine (C=N–C) groups is 1. The smallest absolute Gasteiger partial charge is 0.242 e. The van der Waals surface area contributed by atoms with Crippen LogP contribution in [0.15, 0.2) is 29.3 Å². The minimum Gasteiger partial charge on any atom is -0.489 e. The highest BCUT2D eigenvalue weighted by molar-refractivity contribution is 14.0. The van der Waals surface area contributed by atoms with Gasteiger partial charge in [-0.1, -0.05) is 17.7 Å². The van der Waals surface area contributed by atoms with E-state index in [1.54, 1.807) is 12.1 Å². The number of ether oxygens (including phenoxy) is 1. The van der Waals surface area contributed by atoms with Gasteiger partial charge in [0.1, 0.15) is 18.4 Å². The van der Waals surface area contributed by atoms with Crippen LogP contribution < -0.4 is 20.7 Å². The number of nitrogens with one attached hydrogen (secondary N) is 3. The van der Waals surface area contributed by atoms with E-state index in [0.29, 0.717) is 29.8 Å². The third-order valence-corrected chi connectivity index (χ3v) is 3.16. The molecule has 0 aliphatic rings. The molecule has 0 radical (unpaired) electrons. The fourth-order valence-corrected chi connectivity index (χ4v) is 2.19. The maximum Gasteiger partial charge on any atom is 0.242 e. The SMILES string of the molecule is CCNC(=NCC(=O)NC(C)(C)C)NCC(C)Oc1cccc(Cl)c1.I. The Kier molecular flexibility index (Phi) is 11.6. The Morgan fingerprint density at radius 3 is 2.58 bits per heavy atom. The molecular weight excluding hydrogens is 467 g/mol. The maximum absolute atomic E-state index is 11.9. The molecule has 0 spiro atoms. The number of carbonyl (C=O) groups is 1. The van der Waals surface area contributed by atoms with Crippen molar-refractivity contribution in [3.05, 3.63) is 29.3 Å². The van der Waals surface area contributed by atoms with E-state index in [1.165, 1.54) is 0 Å². The summed E-state index contributed by atoms with van der Waals surface area (Å²) < 4.78 is 5.81. The molecule has 6 nitrogen and oxygen atoms in total. The first-order valence-electron chi connectivity index (χ1n) is 8.45. The van der Waals surface area contributed by atoms with E-state index in [0.717, 1.165) is 0 Å². The van der Waals surface area contributed by atoms with Gasteiger partial charge in [-0.15, -0.1) is 24.0 Å². The number of halogens is 2. The summed E-state index contributed by atoms with van der Waals surface area (Å²) in [5, 5.41) is 9.80. The van der Waals surface area contributed by atoms with Crippen LogP contribution in [0.3, 0.4) is 0 Å². The first kappa shape index (κ1) is 24.8. The molecule has 0 saturated heterocycles. The number of hydrogen-bond acceptors (Lipinski definition) is 3. The zero-order valence-corrected chi connectivity index (χ0v) is 19.1. The van der Waals surface area contributed by atoms with E-state index in [1.807, 2.05) is 46.8 Å². The third kappa shape index (κ3) is 11.4. The first-order chi connectivity index (χ1) is 11.7. The molecule has 0 saturated carbocycles. The van der Waals surface area contributed by atoms with Gasteiger partial charge in [0.2, 0.25) is 5.91 Å². The van der Waals surface area contributed by atoms with Gasteiger partial charge < -0.3 is 20.7 Å². The Morgan fingerprint density at radius 2 is 2.00 bits per heavy atom. The molecular formula is C18H30ClIN4O2. The van der Waals surface area contributed by atoms with E-state index in [9.17, 15) is 4.79 Å². The highest BCUT2D eigenvalue weighted by atomic mass is 127. The lowest BCUT2D eigenvalue weighted by molar-refractivity contribution is -0.121. The van der Waals surface area contributed by atoms with Crippen molar-refractivity contribution in [1.29, 1.82) is 0 Å². The van der Waals surface area contributed by atoms with E-state index in [4.69, 9.17) is 16.3 Å². The number of amides is 1. The number of guanidine groups is 1. The summed E-state index contributed by atoms with van der Waals surface area (Å²) in [4.78, 5) is 16.2. The first-order valence-corrected chi connectivity index (χ1v) is 8.83. The lowest BCUT2D eigenvalue weighted by atomic mass is 10.1. The van der Waals surface area contributed by atoms with Crippen LogP contribution in [0.4, 0.5) is 0 Å². The van der Waals surface area contributed by atoms with Gasteiger partial charge in [0.25, 0.3) is 0 Å². The summed E-state index contributed by atoms with van der Waals surface area (Å²) in [6, 6.07) is 7.28. The summed E-state index contributed by atoms with van der Waals surface area (Å²) in [6.45, 7) is 11.0. The second kappa shape index (κ2) is 12.2. The second-order valence-corrected chi connectivity index (χ2v) is 7.20. The highest BCUT2D eigenvalue weighted by Gasteiger charge is 2.13. The van der Waals surface area contributed by atoms with Gasteiger partial charge in [-0.25, -0.2) is 4.99 Å². The van der Waals surface area contributed by atoms with Crippen LogP contribution >= 0.6 is 35.6 Å². The van der Waals surface area contributed by atoms with Crippen molar-refractivity contribution < 1.29 is 9.53 Å². The number of nitrogens with zero attached hydrogens (tertiary/aromatic N) is 1. The van der Waals surface area contributed by atoms with Crippen LogP contribution in [0.5, 0.6) is 5.75 Å². The molecule has 0 bridgehead atoms. The second-order valence-electron chi connectivity index (χ2n) is 6.76. The molecule has 1 rings (SSSR count). The number of hydrogen-bond donors (Lipinski definition) is 3. The summed E-state index contributed by atoms with van der Waals surface area (Å²) in [7, 11) is 0. The highest BCUT2D eigenvalue weighted by Crippen LogP contribution is 2.18. The molecule has 148 valence electrons. The van der Waals surface area contributed by atoms with Gasteiger partial charge in [-0.05, 0) is 52.8 Å². The fourth-order valence-electron chi connectivity index (χ4n) is 2.01. The van der Waals surface area contributed by atoms with E-state index in [-0.39, 0.29) is 48.1 Å². The van der Waals surface area contributed by atoms with Crippen molar-refractivity contribution in [2.45, 2.75) is 46.3 Å². The van der Waals surface area contributed by atoms with Gasteiger partial charge in [0.15, 0.2) is 5.96 Å². The zero-order valence-electron chi connectivity index (χ0n) is 16.1. The molecule has 0 heterocycles. The van der Waals surface area contributed by atoms with Gasteiger partial charge in [-0.2, -0.15) is 0 Å². The predicted molar refractivity (Wildman–Crippen MR) is 119 cm³/mol. The van der Waals surface area contributed by atoms with Crippen molar-refractivity contribution in [1.82, 2.24) is 16.0 Å². The summed E-state index contributed by atoms with van der Waals surface area (Å²) in [5.74, 6) is 1.18. The van der Waals surface area contributed by atoms with E-state index in [2.05, 4.69) is 20.9 Å². The predicted octanol–water partition coefficient (Wildman–Crippen LogP) is 3.20. The number of carbonyl (C=O) groups excluding carboxylic acids is 1. The third-order valence-electron chi connectivity index (χ3n) is 2.93. The zero-order chi connectivity index (χ0) is 18.9. The van der Waals surface area contributed by atoms with Crippen LogP contribution in [0.1, 0.15) is 34.6 Å². The topological polar surface area (TPSA) is 74.8 Å². The van der Waals surface area contributed by atoms with Crippen molar-refractivity contribution in [2.75, 3.05) is 19.6 Å². The quantitative estimate of drug-likeness (QED) is 0.308. The Labute approximate surface area is 178 Å². The molecule has 1 aromatic rings. The largest absolute Gasteiger partial charge is 0.489 e. The lowest BCUT2D eigenvalue weighted by Crippen LogP contribution is -2.44. The van der Waals surface area contributed by atoms with Crippen molar-refractivity contribution in [3.63, 3.8) is 0 Å². The van der Waals surface area contributed by atoms with Gasteiger partial charge in [0, 0.05) is 17.1 Å². The Hall–Kier alpha value is -1.22. The number of benzene rings is 1. The van der Waals surface area contributed by atoms with Gasteiger partial charge in [-0.3, -0.25) is 4.79 Å². The molecule has 0 aliphatic carbocycles. The Morgan fingerprint density at radius 1 is 1.31 bits per heavy atom. The Bertz CT molecular complexity index is 591. The number of rotatable bonds is 7. The average Bonchev–Trinajstić information content (AvgIpc) is 2.48. The van der Waals surface area contributed by atoms with Crippen LogP contribution in [-0.2, 0) is 4.79 Å². The maximum atomic E-state index is 11.9. The molecule has 26 heavy (non-hydrogen) atoms. The minimum absolute atomic E-state index is 0. The van der Waals surface area contributed by atoms with E-state index < -0.39 is 0 Å². The molecule has 1 atom stereocenters. The molecule has 0 fully saturated rings. The molecule has 3 N–H and O–H groups in total. The molecule has 1 unspecified atom stereocenters. The van der Waals surface area contributed by atoms with Crippen molar-refractivity contribution >= 4 is 47.4 Å². The minimum atomic E-state index is -0.266. The molecule has 8 heteroatoms. The normalized spacial score (nSPS) is 12.6. The molecule has 0 aliphatic heterocycles. The van der Waals surface area contributed by atoms with Gasteiger partial charge >= 0.3 is 0 Å². The van der Waals surface area contributed by atoms with Crippen LogP contribution in [-0.4, -0.2) is 43.1 Å². The average molecular weight is 497 g/mol. The Balaban J connectivity index is 0.00000625.